The van der Waals surface area contributed by atoms with E-state index < -0.39 is 11.5 Å². The molecule has 0 radical (unpaired) electrons. The Balaban J connectivity index is 2.30. The number of rotatable bonds is 3. The Hall–Kier alpha value is -1.88. The molecule has 0 unspecified atom stereocenters. The molecule has 1 heterocycles. The van der Waals surface area contributed by atoms with Crippen LogP contribution in [-0.4, -0.2) is 35.7 Å². The molecule has 1 aliphatic heterocycles. The number of nitrogens with one attached hydrogen (secondary N) is 1. The number of carboxylic acids is 1. The lowest BCUT2D eigenvalue weighted by atomic mass is 9.89. The van der Waals surface area contributed by atoms with Gasteiger partial charge in [-0.05, 0) is 31.9 Å². The van der Waals surface area contributed by atoms with Crippen molar-refractivity contribution in [1.29, 1.82) is 0 Å². The van der Waals surface area contributed by atoms with Crippen LogP contribution in [0, 0.1) is 20.8 Å². The summed E-state index contributed by atoms with van der Waals surface area (Å²) in [5.74, 6) is -1.32. The number of carbonyl (C=O) groups excluding carboxylic acids is 1. The maximum atomic E-state index is 12.6. The van der Waals surface area contributed by atoms with Crippen molar-refractivity contribution < 1.29 is 19.4 Å². The second kappa shape index (κ2) is 5.85. The first-order valence-corrected chi connectivity index (χ1v) is 7.07. The molecule has 5 nitrogen and oxygen atoms in total. The van der Waals surface area contributed by atoms with E-state index in [0.717, 1.165) is 16.7 Å². The van der Waals surface area contributed by atoms with Crippen molar-refractivity contribution in [2.75, 3.05) is 13.2 Å². The van der Waals surface area contributed by atoms with Gasteiger partial charge in [-0.2, -0.15) is 0 Å². The zero-order valence-electron chi connectivity index (χ0n) is 12.7. The first kappa shape index (κ1) is 15.5. The lowest BCUT2D eigenvalue weighted by molar-refractivity contribution is -0.148. The van der Waals surface area contributed by atoms with Gasteiger partial charge in [0, 0.05) is 31.6 Å². The van der Waals surface area contributed by atoms with Gasteiger partial charge in [0.15, 0.2) is 0 Å². The van der Waals surface area contributed by atoms with Gasteiger partial charge in [0.1, 0.15) is 5.54 Å². The third-order valence-corrected chi connectivity index (χ3v) is 4.01. The molecule has 2 rings (SSSR count). The number of benzene rings is 1. The van der Waals surface area contributed by atoms with Crippen LogP contribution in [0.2, 0.25) is 0 Å². The van der Waals surface area contributed by atoms with Gasteiger partial charge in [-0.3, -0.25) is 4.79 Å². The highest BCUT2D eigenvalue weighted by molar-refractivity contribution is 6.00. The smallest absolute Gasteiger partial charge is 0.329 e. The van der Waals surface area contributed by atoms with E-state index in [1.165, 1.54) is 0 Å². The van der Waals surface area contributed by atoms with Crippen molar-refractivity contribution >= 4 is 11.9 Å². The maximum absolute atomic E-state index is 12.6. The van der Waals surface area contributed by atoms with E-state index in [1.54, 1.807) is 0 Å². The number of hydrogen-bond donors (Lipinski definition) is 2. The van der Waals surface area contributed by atoms with Crippen LogP contribution < -0.4 is 5.32 Å². The average Bonchev–Trinajstić information content (AvgIpc) is 2.38. The highest BCUT2D eigenvalue weighted by atomic mass is 16.5. The van der Waals surface area contributed by atoms with Crippen LogP contribution in [0.5, 0.6) is 0 Å². The third kappa shape index (κ3) is 3.08. The second-order valence-electron chi connectivity index (χ2n) is 5.73. The summed E-state index contributed by atoms with van der Waals surface area (Å²) >= 11 is 0. The Morgan fingerprint density at radius 3 is 2.14 bits per heavy atom. The van der Waals surface area contributed by atoms with E-state index in [4.69, 9.17) is 4.74 Å². The monoisotopic (exact) mass is 291 g/mol. The predicted molar refractivity (Wildman–Crippen MR) is 78.5 cm³/mol. The van der Waals surface area contributed by atoms with Gasteiger partial charge in [0.05, 0.1) is 0 Å². The van der Waals surface area contributed by atoms with E-state index in [2.05, 4.69) is 5.32 Å². The molecular weight excluding hydrogens is 270 g/mol. The van der Waals surface area contributed by atoms with Gasteiger partial charge in [-0.1, -0.05) is 17.7 Å². The lowest BCUT2D eigenvalue weighted by Gasteiger charge is -2.34. The van der Waals surface area contributed by atoms with Gasteiger partial charge in [-0.25, -0.2) is 4.79 Å². The van der Waals surface area contributed by atoms with Gasteiger partial charge in [-0.15, -0.1) is 0 Å². The second-order valence-corrected chi connectivity index (χ2v) is 5.73. The number of carboxylic acid groups (broad SMARTS) is 1. The first-order chi connectivity index (χ1) is 9.85. The summed E-state index contributed by atoms with van der Waals surface area (Å²) in [7, 11) is 0. The minimum atomic E-state index is -1.22. The van der Waals surface area contributed by atoms with E-state index in [1.807, 2.05) is 32.9 Å². The normalized spacial score (nSPS) is 17.3. The Labute approximate surface area is 124 Å². The number of hydrogen-bond acceptors (Lipinski definition) is 3. The molecule has 114 valence electrons. The van der Waals surface area contributed by atoms with E-state index in [-0.39, 0.29) is 18.7 Å². The van der Waals surface area contributed by atoms with Gasteiger partial charge in [0.25, 0.3) is 5.91 Å². The fourth-order valence-electron chi connectivity index (χ4n) is 2.93. The van der Waals surface area contributed by atoms with Crippen LogP contribution in [-0.2, 0) is 9.53 Å². The fourth-order valence-corrected chi connectivity index (χ4v) is 2.93. The molecule has 21 heavy (non-hydrogen) atoms. The largest absolute Gasteiger partial charge is 0.480 e. The van der Waals surface area contributed by atoms with E-state index >= 15 is 0 Å². The topological polar surface area (TPSA) is 75.6 Å². The Morgan fingerprint density at radius 1 is 1.14 bits per heavy atom. The van der Waals surface area contributed by atoms with Crippen molar-refractivity contribution in [3.05, 3.63) is 34.4 Å². The molecule has 1 aromatic rings. The van der Waals surface area contributed by atoms with Crippen molar-refractivity contribution in [1.82, 2.24) is 5.32 Å². The molecule has 1 aliphatic rings. The molecule has 1 amide bonds. The van der Waals surface area contributed by atoms with Crippen molar-refractivity contribution in [2.24, 2.45) is 0 Å². The van der Waals surface area contributed by atoms with Gasteiger partial charge in [0.2, 0.25) is 0 Å². The van der Waals surface area contributed by atoms with Crippen LogP contribution in [0.4, 0.5) is 0 Å². The van der Waals surface area contributed by atoms with Crippen molar-refractivity contribution in [3.8, 4) is 0 Å². The quantitative estimate of drug-likeness (QED) is 0.893. The molecule has 5 heteroatoms. The fraction of sp³-hybridized carbons (Fsp3) is 0.500. The average molecular weight is 291 g/mol. The number of aryl methyl sites for hydroxylation is 3. The van der Waals surface area contributed by atoms with Crippen molar-refractivity contribution in [3.63, 3.8) is 0 Å². The highest BCUT2D eigenvalue weighted by Crippen LogP contribution is 2.23. The molecule has 0 atom stereocenters. The van der Waals surface area contributed by atoms with Gasteiger partial charge < -0.3 is 15.2 Å². The Kier molecular flexibility index (Phi) is 4.32. The molecular formula is C16H21NO4. The summed E-state index contributed by atoms with van der Waals surface area (Å²) in [6, 6.07) is 3.86. The number of carbonyl (C=O) groups is 2. The molecule has 0 aliphatic carbocycles. The third-order valence-electron chi connectivity index (χ3n) is 4.01. The Morgan fingerprint density at radius 2 is 1.67 bits per heavy atom. The van der Waals surface area contributed by atoms with Crippen molar-refractivity contribution in [2.45, 2.75) is 39.2 Å². The summed E-state index contributed by atoms with van der Waals surface area (Å²) in [4.78, 5) is 24.2. The summed E-state index contributed by atoms with van der Waals surface area (Å²) < 4.78 is 5.21. The minimum Gasteiger partial charge on any atom is -0.480 e. The van der Waals surface area contributed by atoms with E-state index in [0.29, 0.717) is 18.8 Å². The number of amides is 1. The van der Waals surface area contributed by atoms with Crippen LogP contribution in [0.1, 0.15) is 39.9 Å². The summed E-state index contributed by atoms with van der Waals surface area (Å²) in [6.45, 7) is 6.40. The number of ether oxygens (including phenoxy) is 1. The number of aliphatic carboxylic acids is 1. The van der Waals surface area contributed by atoms with Crippen LogP contribution in [0.3, 0.4) is 0 Å². The van der Waals surface area contributed by atoms with E-state index in [9.17, 15) is 14.7 Å². The van der Waals surface area contributed by atoms with Crippen LogP contribution >= 0.6 is 0 Å². The lowest BCUT2D eigenvalue weighted by Crippen LogP contribution is -2.57. The molecule has 0 aromatic heterocycles. The summed E-state index contributed by atoms with van der Waals surface area (Å²) in [5, 5.41) is 12.2. The molecule has 0 saturated carbocycles. The van der Waals surface area contributed by atoms with Gasteiger partial charge >= 0.3 is 5.97 Å². The molecule has 0 bridgehead atoms. The molecule has 0 spiro atoms. The predicted octanol–water partition coefficient (Wildman–Crippen LogP) is 1.98. The zero-order valence-corrected chi connectivity index (χ0v) is 12.7. The zero-order chi connectivity index (χ0) is 15.6. The summed E-state index contributed by atoms with van der Waals surface area (Å²) in [6.07, 6.45) is 0.579. The molecule has 1 saturated heterocycles. The van der Waals surface area contributed by atoms with Crippen LogP contribution in [0.25, 0.3) is 0 Å². The minimum absolute atomic E-state index is 0.290. The molecule has 2 N–H and O–H groups in total. The first-order valence-electron chi connectivity index (χ1n) is 7.07. The van der Waals surface area contributed by atoms with Crippen LogP contribution in [0.15, 0.2) is 12.1 Å². The standard InChI is InChI=1S/C16H21NO4/c1-10-8-11(2)13(12(3)9-10)14(18)17-16(15(19)20)4-6-21-7-5-16/h8-9H,4-7H2,1-3H3,(H,17,18)(H,19,20). The highest BCUT2D eigenvalue weighted by Gasteiger charge is 2.42. The maximum Gasteiger partial charge on any atom is 0.329 e. The Bertz CT molecular complexity index is 551. The SMILES string of the molecule is Cc1cc(C)c(C(=O)NC2(C(=O)O)CCOCC2)c(C)c1. The molecule has 1 fully saturated rings. The molecule has 1 aromatic carbocycles. The summed E-state index contributed by atoms with van der Waals surface area (Å²) in [5.41, 5.74) is 2.14.